The SMILES string of the molecule is CCC(C)C(N)C(=O)Nc1ccnc2ccnn12.Cl. The molecule has 7 heteroatoms. The third kappa shape index (κ3) is 3.21. The third-order valence-corrected chi connectivity index (χ3v) is 3.10. The molecule has 0 bridgehead atoms. The van der Waals surface area contributed by atoms with Gasteiger partial charge >= 0.3 is 0 Å². The molecular weight excluding hydrogens is 266 g/mol. The molecule has 0 aliphatic rings. The van der Waals surface area contributed by atoms with Crippen molar-refractivity contribution in [2.45, 2.75) is 26.3 Å². The fourth-order valence-electron chi connectivity index (χ4n) is 1.65. The van der Waals surface area contributed by atoms with Crippen molar-refractivity contribution in [1.82, 2.24) is 14.6 Å². The first-order chi connectivity index (χ1) is 8.63. The van der Waals surface area contributed by atoms with Gasteiger partial charge in [-0.05, 0) is 12.0 Å². The van der Waals surface area contributed by atoms with Crippen LogP contribution in [0.2, 0.25) is 0 Å². The predicted octanol–water partition coefficient (Wildman–Crippen LogP) is 1.46. The largest absolute Gasteiger partial charge is 0.320 e. The summed E-state index contributed by atoms with van der Waals surface area (Å²) < 4.78 is 1.57. The lowest BCUT2D eigenvalue weighted by Crippen LogP contribution is -2.41. The molecule has 2 aromatic heterocycles. The maximum Gasteiger partial charge on any atom is 0.242 e. The van der Waals surface area contributed by atoms with Gasteiger partial charge in [-0.1, -0.05) is 20.3 Å². The van der Waals surface area contributed by atoms with Gasteiger partial charge in [-0.2, -0.15) is 9.61 Å². The van der Waals surface area contributed by atoms with Crippen molar-refractivity contribution in [3.05, 3.63) is 24.5 Å². The van der Waals surface area contributed by atoms with Crippen LogP contribution in [0.4, 0.5) is 5.82 Å². The number of amides is 1. The van der Waals surface area contributed by atoms with E-state index in [2.05, 4.69) is 15.4 Å². The van der Waals surface area contributed by atoms with Gasteiger partial charge in [0.2, 0.25) is 5.91 Å². The van der Waals surface area contributed by atoms with Gasteiger partial charge in [0.15, 0.2) is 5.65 Å². The molecule has 2 unspecified atom stereocenters. The van der Waals surface area contributed by atoms with Crippen molar-refractivity contribution < 1.29 is 4.79 Å². The number of carbonyl (C=O) groups excluding carboxylic acids is 1. The van der Waals surface area contributed by atoms with Crippen LogP contribution in [0.15, 0.2) is 24.5 Å². The van der Waals surface area contributed by atoms with Gasteiger partial charge in [-0.15, -0.1) is 12.4 Å². The van der Waals surface area contributed by atoms with Gasteiger partial charge in [-0.3, -0.25) is 4.79 Å². The summed E-state index contributed by atoms with van der Waals surface area (Å²) in [6, 6.07) is 2.94. The smallest absolute Gasteiger partial charge is 0.242 e. The fraction of sp³-hybridized carbons (Fsp3) is 0.417. The first-order valence-electron chi connectivity index (χ1n) is 5.98. The average Bonchev–Trinajstić information content (AvgIpc) is 2.86. The van der Waals surface area contributed by atoms with Crippen LogP contribution in [0, 0.1) is 5.92 Å². The lowest BCUT2D eigenvalue weighted by Gasteiger charge is -2.17. The minimum absolute atomic E-state index is 0. The summed E-state index contributed by atoms with van der Waals surface area (Å²) >= 11 is 0. The molecule has 1 amide bonds. The summed E-state index contributed by atoms with van der Waals surface area (Å²) in [5.74, 6) is 0.515. The normalized spacial score (nSPS) is 13.6. The molecule has 2 atom stereocenters. The summed E-state index contributed by atoms with van der Waals surface area (Å²) in [4.78, 5) is 16.1. The summed E-state index contributed by atoms with van der Waals surface area (Å²) in [5, 5.41) is 6.88. The maximum atomic E-state index is 12.0. The second-order valence-electron chi connectivity index (χ2n) is 4.33. The molecule has 3 N–H and O–H groups in total. The Kier molecular flexibility index (Phi) is 5.26. The number of nitrogens with one attached hydrogen (secondary N) is 1. The molecule has 104 valence electrons. The van der Waals surface area contributed by atoms with Gasteiger partial charge in [0.05, 0.1) is 12.2 Å². The lowest BCUT2D eigenvalue weighted by atomic mass is 9.99. The second-order valence-corrected chi connectivity index (χ2v) is 4.33. The Bertz CT molecular complexity index is 556. The first-order valence-corrected chi connectivity index (χ1v) is 5.98. The highest BCUT2D eigenvalue weighted by Crippen LogP contribution is 2.11. The molecule has 2 heterocycles. The molecule has 0 fully saturated rings. The number of aromatic nitrogens is 3. The van der Waals surface area contributed by atoms with Crippen molar-refractivity contribution in [1.29, 1.82) is 0 Å². The molecule has 0 aliphatic carbocycles. The molecule has 6 nitrogen and oxygen atoms in total. The number of halogens is 1. The highest BCUT2D eigenvalue weighted by atomic mass is 35.5. The Morgan fingerprint density at radius 3 is 2.89 bits per heavy atom. The van der Waals surface area contributed by atoms with E-state index in [9.17, 15) is 4.79 Å². The van der Waals surface area contributed by atoms with Crippen molar-refractivity contribution in [3.63, 3.8) is 0 Å². The molecule has 0 aromatic carbocycles. The van der Waals surface area contributed by atoms with Crippen molar-refractivity contribution in [2.24, 2.45) is 11.7 Å². The Morgan fingerprint density at radius 1 is 1.47 bits per heavy atom. The highest BCUT2D eigenvalue weighted by Gasteiger charge is 2.20. The number of anilines is 1. The quantitative estimate of drug-likeness (QED) is 0.890. The van der Waals surface area contributed by atoms with Crippen LogP contribution < -0.4 is 11.1 Å². The van der Waals surface area contributed by atoms with E-state index in [1.165, 1.54) is 0 Å². The third-order valence-electron chi connectivity index (χ3n) is 3.10. The van der Waals surface area contributed by atoms with Gasteiger partial charge in [0, 0.05) is 12.3 Å². The van der Waals surface area contributed by atoms with E-state index in [0.29, 0.717) is 11.5 Å². The standard InChI is InChI=1S/C12H17N5O.ClH/c1-3-8(2)11(13)12(18)16-10-4-6-14-9-5-7-15-17(9)10;/h4-8,11H,3,13H2,1-2H3,(H,16,18);1H. The minimum atomic E-state index is -0.520. The zero-order valence-corrected chi connectivity index (χ0v) is 11.7. The molecule has 2 aromatic rings. The second kappa shape index (κ2) is 6.49. The maximum absolute atomic E-state index is 12.0. The topological polar surface area (TPSA) is 85.3 Å². The van der Waals surface area contributed by atoms with Crippen LogP contribution in [0.5, 0.6) is 0 Å². The summed E-state index contributed by atoms with van der Waals surface area (Å²) in [7, 11) is 0. The van der Waals surface area contributed by atoms with E-state index in [-0.39, 0.29) is 24.2 Å². The molecular formula is C12H18ClN5O. The summed E-state index contributed by atoms with van der Waals surface area (Å²) in [6.07, 6.45) is 4.12. The van der Waals surface area contributed by atoms with Crippen LogP contribution >= 0.6 is 12.4 Å². The number of rotatable bonds is 4. The Balaban J connectivity index is 0.00000180. The number of nitrogens with two attached hydrogens (primary N) is 1. The lowest BCUT2D eigenvalue weighted by molar-refractivity contribution is -0.118. The van der Waals surface area contributed by atoms with Gasteiger partial charge < -0.3 is 11.1 Å². The van der Waals surface area contributed by atoms with Gasteiger partial charge in [0.25, 0.3) is 0 Å². The Labute approximate surface area is 117 Å². The number of fused-ring (bicyclic) bond motifs is 1. The van der Waals surface area contributed by atoms with E-state index in [1.807, 2.05) is 13.8 Å². The number of hydrogen-bond acceptors (Lipinski definition) is 4. The van der Waals surface area contributed by atoms with Crippen LogP contribution in [-0.4, -0.2) is 26.5 Å². The number of carbonyl (C=O) groups is 1. The Morgan fingerprint density at radius 2 is 2.21 bits per heavy atom. The average molecular weight is 284 g/mol. The predicted molar refractivity (Wildman–Crippen MR) is 76.3 cm³/mol. The van der Waals surface area contributed by atoms with E-state index >= 15 is 0 Å². The van der Waals surface area contributed by atoms with Crippen LogP contribution in [0.3, 0.4) is 0 Å². The van der Waals surface area contributed by atoms with Gasteiger partial charge in [-0.25, -0.2) is 4.98 Å². The van der Waals surface area contributed by atoms with Crippen molar-refractivity contribution >= 4 is 29.8 Å². The molecule has 0 radical (unpaired) electrons. The molecule has 0 saturated carbocycles. The van der Waals surface area contributed by atoms with Crippen LogP contribution in [0.1, 0.15) is 20.3 Å². The highest BCUT2D eigenvalue weighted by molar-refractivity contribution is 5.94. The Hall–Kier alpha value is -1.66. The molecule has 0 spiro atoms. The number of hydrogen-bond donors (Lipinski definition) is 2. The monoisotopic (exact) mass is 283 g/mol. The van der Waals surface area contributed by atoms with E-state index < -0.39 is 6.04 Å². The molecule has 0 saturated heterocycles. The van der Waals surface area contributed by atoms with Crippen LogP contribution in [-0.2, 0) is 4.79 Å². The van der Waals surface area contributed by atoms with E-state index in [0.717, 1.165) is 6.42 Å². The molecule has 0 aliphatic heterocycles. The summed E-state index contributed by atoms with van der Waals surface area (Å²) in [5.41, 5.74) is 6.57. The molecule has 2 rings (SSSR count). The van der Waals surface area contributed by atoms with Crippen molar-refractivity contribution in [2.75, 3.05) is 5.32 Å². The fourth-order valence-corrected chi connectivity index (χ4v) is 1.65. The van der Waals surface area contributed by atoms with Crippen molar-refractivity contribution in [3.8, 4) is 0 Å². The van der Waals surface area contributed by atoms with E-state index in [1.54, 1.807) is 29.0 Å². The minimum Gasteiger partial charge on any atom is -0.320 e. The van der Waals surface area contributed by atoms with Gasteiger partial charge in [0.1, 0.15) is 5.82 Å². The van der Waals surface area contributed by atoms with E-state index in [4.69, 9.17) is 5.73 Å². The zero-order chi connectivity index (χ0) is 13.1. The number of nitrogens with zero attached hydrogens (tertiary/aromatic N) is 3. The first kappa shape index (κ1) is 15.4. The zero-order valence-electron chi connectivity index (χ0n) is 10.9. The molecule has 19 heavy (non-hydrogen) atoms. The van der Waals surface area contributed by atoms with Crippen LogP contribution in [0.25, 0.3) is 5.65 Å². The summed E-state index contributed by atoms with van der Waals surface area (Å²) in [6.45, 7) is 3.97.